The third kappa shape index (κ3) is 2.43. The van der Waals surface area contributed by atoms with Crippen molar-refractivity contribution in [2.75, 3.05) is 6.61 Å². The minimum absolute atomic E-state index is 0.0111. The molecule has 0 bridgehead atoms. The lowest BCUT2D eigenvalue weighted by Crippen LogP contribution is -2.32. The molecule has 1 aliphatic carbocycles. The van der Waals surface area contributed by atoms with Crippen molar-refractivity contribution in [1.29, 1.82) is 0 Å². The molecular formula is C22H16F2N4O2. The Morgan fingerprint density at radius 1 is 1.07 bits per heavy atom. The standard InChI is InChI=1S/C22H16F2N4O2/c23-19-13(2-1-7-26-19)12-5-6-17-14(8-12)22(10-29-21(25)28-22)15-9-16(11-3-4-11)27-20(24)18(15)30-17/h1-2,5-9,11H,3-4,10H2,(H2,25,28)/t22-/m0/s1. The number of amidine groups is 1. The summed E-state index contributed by atoms with van der Waals surface area (Å²) in [5.74, 6) is -0.600. The number of ether oxygens (including phenoxy) is 2. The second kappa shape index (κ2) is 5.98. The predicted molar refractivity (Wildman–Crippen MR) is 104 cm³/mol. The number of hydrogen-bond acceptors (Lipinski definition) is 6. The van der Waals surface area contributed by atoms with Crippen molar-refractivity contribution in [3.8, 4) is 22.6 Å². The normalized spacial score (nSPS) is 21.5. The molecule has 0 unspecified atom stereocenters. The first-order valence-corrected chi connectivity index (χ1v) is 9.67. The first-order valence-electron chi connectivity index (χ1n) is 9.67. The van der Waals surface area contributed by atoms with E-state index in [4.69, 9.17) is 15.2 Å². The Morgan fingerprint density at radius 2 is 1.93 bits per heavy atom. The van der Waals surface area contributed by atoms with Crippen LogP contribution < -0.4 is 10.5 Å². The molecule has 150 valence electrons. The van der Waals surface area contributed by atoms with Gasteiger partial charge in [-0.1, -0.05) is 6.07 Å². The Labute approximate surface area is 170 Å². The number of halogens is 2. The van der Waals surface area contributed by atoms with Crippen molar-refractivity contribution in [2.24, 2.45) is 10.7 Å². The number of hydrogen-bond donors (Lipinski definition) is 1. The minimum atomic E-state index is -1.09. The predicted octanol–water partition coefficient (Wildman–Crippen LogP) is 3.99. The molecule has 2 aromatic heterocycles. The molecule has 0 saturated heterocycles. The third-order valence-electron chi connectivity index (χ3n) is 5.83. The van der Waals surface area contributed by atoms with E-state index in [-0.39, 0.29) is 24.3 Å². The van der Waals surface area contributed by atoms with Crippen molar-refractivity contribution in [2.45, 2.75) is 24.3 Å². The monoisotopic (exact) mass is 406 g/mol. The van der Waals surface area contributed by atoms with Gasteiger partial charge in [0.1, 0.15) is 12.4 Å². The quantitative estimate of drug-likeness (QED) is 0.651. The molecule has 1 spiro atoms. The summed E-state index contributed by atoms with van der Waals surface area (Å²) in [6.07, 6.45) is 3.34. The Bertz CT molecular complexity index is 1240. The van der Waals surface area contributed by atoms with Crippen LogP contribution in [0, 0.1) is 11.9 Å². The van der Waals surface area contributed by atoms with E-state index in [9.17, 15) is 8.78 Å². The smallest absolute Gasteiger partial charge is 0.283 e. The van der Waals surface area contributed by atoms with Crippen LogP contribution in [0.3, 0.4) is 0 Å². The summed E-state index contributed by atoms with van der Waals surface area (Å²) < 4.78 is 40.7. The van der Waals surface area contributed by atoms with Crippen LogP contribution in [0.25, 0.3) is 11.1 Å². The van der Waals surface area contributed by atoms with Crippen molar-refractivity contribution in [1.82, 2.24) is 9.97 Å². The molecule has 6 nitrogen and oxygen atoms in total. The highest BCUT2D eigenvalue weighted by Crippen LogP contribution is 2.53. The number of pyridine rings is 2. The van der Waals surface area contributed by atoms with Crippen molar-refractivity contribution >= 4 is 6.02 Å². The summed E-state index contributed by atoms with van der Waals surface area (Å²) in [5.41, 5.74) is 7.56. The van der Waals surface area contributed by atoms with Gasteiger partial charge in [-0.2, -0.15) is 8.78 Å². The van der Waals surface area contributed by atoms with Crippen LogP contribution in [-0.4, -0.2) is 22.6 Å². The fourth-order valence-electron chi connectivity index (χ4n) is 4.19. The van der Waals surface area contributed by atoms with E-state index in [1.807, 2.05) is 6.07 Å². The van der Waals surface area contributed by atoms with Gasteiger partial charge >= 0.3 is 0 Å². The topological polar surface area (TPSA) is 82.6 Å². The molecule has 30 heavy (non-hydrogen) atoms. The lowest BCUT2D eigenvalue weighted by atomic mass is 9.80. The molecular weight excluding hydrogens is 390 g/mol. The van der Waals surface area contributed by atoms with Crippen LogP contribution in [0.1, 0.15) is 35.6 Å². The van der Waals surface area contributed by atoms with Crippen LogP contribution in [0.5, 0.6) is 11.5 Å². The van der Waals surface area contributed by atoms with E-state index in [2.05, 4.69) is 15.0 Å². The summed E-state index contributed by atoms with van der Waals surface area (Å²) in [6.45, 7) is 0.0920. The Balaban J connectivity index is 1.59. The number of rotatable bonds is 2. The summed E-state index contributed by atoms with van der Waals surface area (Å²) in [7, 11) is 0. The van der Waals surface area contributed by atoms with Gasteiger partial charge in [0.05, 0.1) is 0 Å². The first-order chi connectivity index (χ1) is 14.5. The van der Waals surface area contributed by atoms with E-state index in [1.165, 1.54) is 6.20 Å². The van der Waals surface area contributed by atoms with Crippen LogP contribution in [0.4, 0.5) is 8.78 Å². The minimum Gasteiger partial charge on any atom is -0.462 e. The number of benzene rings is 1. The maximum atomic E-state index is 14.9. The molecule has 2 aliphatic heterocycles. The van der Waals surface area contributed by atoms with Crippen LogP contribution in [0.2, 0.25) is 0 Å². The second-order valence-corrected chi connectivity index (χ2v) is 7.74. The molecule has 3 aromatic rings. The van der Waals surface area contributed by atoms with Crippen LogP contribution in [0.15, 0.2) is 47.6 Å². The molecule has 6 rings (SSSR count). The van der Waals surface area contributed by atoms with Gasteiger partial charge in [0.2, 0.25) is 5.95 Å². The van der Waals surface area contributed by atoms with E-state index in [0.29, 0.717) is 33.7 Å². The highest BCUT2D eigenvalue weighted by molar-refractivity contribution is 5.78. The molecule has 2 N–H and O–H groups in total. The molecule has 1 fully saturated rings. The molecule has 3 aliphatic rings. The largest absolute Gasteiger partial charge is 0.462 e. The Morgan fingerprint density at radius 3 is 2.67 bits per heavy atom. The highest BCUT2D eigenvalue weighted by atomic mass is 19.1. The van der Waals surface area contributed by atoms with Crippen molar-refractivity contribution < 1.29 is 18.3 Å². The number of nitrogens with two attached hydrogens (primary N) is 1. The van der Waals surface area contributed by atoms with Gasteiger partial charge in [0.25, 0.3) is 12.0 Å². The Hall–Kier alpha value is -3.55. The summed E-state index contributed by atoms with van der Waals surface area (Å²) in [4.78, 5) is 12.4. The van der Waals surface area contributed by atoms with Gasteiger partial charge in [-0.25, -0.2) is 15.0 Å². The molecule has 4 heterocycles. The van der Waals surface area contributed by atoms with E-state index in [0.717, 1.165) is 12.8 Å². The Kier molecular flexibility index (Phi) is 3.45. The van der Waals surface area contributed by atoms with E-state index in [1.54, 1.807) is 30.3 Å². The maximum absolute atomic E-state index is 14.9. The molecule has 1 aromatic carbocycles. The van der Waals surface area contributed by atoms with Crippen molar-refractivity contribution in [3.05, 3.63) is 71.3 Å². The van der Waals surface area contributed by atoms with Gasteiger partial charge in [0, 0.05) is 34.5 Å². The second-order valence-electron chi connectivity index (χ2n) is 7.74. The van der Waals surface area contributed by atoms with Gasteiger partial charge in [-0.15, -0.1) is 0 Å². The van der Waals surface area contributed by atoms with Gasteiger partial charge in [-0.05, 0) is 48.7 Å². The SMILES string of the molecule is NC1=N[C@@]2(CO1)c1cc(-c3cccnc3F)ccc1Oc1c2cc(C2CC2)nc1F. The lowest BCUT2D eigenvalue weighted by molar-refractivity contribution is 0.260. The van der Waals surface area contributed by atoms with Gasteiger partial charge in [-0.3, -0.25) is 0 Å². The molecule has 0 amide bonds. The van der Waals surface area contributed by atoms with Gasteiger partial charge in [0.15, 0.2) is 11.3 Å². The maximum Gasteiger partial charge on any atom is 0.283 e. The van der Waals surface area contributed by atoms with Gasteiger partial charge < -0.3 is 15.2 Å². The fraction of sp³-hybridized carbons (Fsp3) is 0.227. The lowest BCUT2D eigenvalue weighted by Gasteiger charge is -2.34. The van der Waals surface area contributed by atoms with Crippen LogP contribution in [-0.2, 0) is 10.3 Å². The average molecular weight is 406 g/mol. The zero-order chi connectivity index (χ0) is 20.5. The van der Waals surface area contributed by atoms with Crippen LogP contribution >= 0.6 is 0 Å². The molecule has 1 atom stereocenters. The molecule has 0 radical (unpaired) electrons. The first kappa shape index (κ1) is 17.3. The highest BCUT2D eigenvalue weighted by Gasteiger charge is 2.49. The molecule has 1 saturated carbocycles. The summed E-state index contributed by atoms with van der Waals surface area (Å²) >= 11 is 0. The fourth-order valence-corrected chi connectivity index (χ4v) is 4.19. The number of nitrogens with zero attached hydrogens (tertiary/aromatic N) is 3. The number of fused-ring (bicyclic) bond motifs is 4. The summed E-state index contributed by atoms with van der Waals surface area (Å²) in [6, 6.07) is 10.3. The van der Waals surface area contributed by atoms with E-state index < -0.39 is 17.4 Å². The third-order valence-corrected chi connectivity index (χ3v) is 5.83. The number of aliphatic imine (C=N–C) groups is 1. The van der Waals surface area contributed by atoms with Crippen molar-refractivity contribution in [3.63, 3.8) is 0 Å². The number of aromatic nitrogens is 2. The average Bonchev–Trinajstić information content (AvgIpc) is 3.52. The zero-order valence-electron chi connectivity index (χ0n) is 15.7. The molecule has 8 heteroatoms. The van der Waals surface area contributed by atoms with E-state index >= 15 is 0 Å². The zero-order valence-corrected chi connectivity index (χ0v) is 15.7. The summed E-state index contributed by atoms with van der Waals surface area (Å²) in [5, 5.41) is 0.